The summed E-state index contributed by atoms with van der Waals surface area (Å²) in [5.74, 6) is 1.33. The monoisotopic (exact) mass is 358 g/mol. The van der Waals surface area contributed by atoms with Gasteiger partial charge in [-0.25, -0.2) is 4.98 Å². The lowest BCUT2D eigenvalue weighted by Gasteiger charge is -2.12. The third-order valence-electron chi connectivity index (χ3n) is 3.53. The zero-order valence-corrected chi connectivity index (χ0v) is 14.9. The van der Waals surface area contributed by atoms with Crippen molar-refractivity contribution in [2.75, 3.05) is 12.3 Å². The van der Waals surface area contributed by atoms with Crippen LogP contribution in [0.1, 0.15) is 18.4 Å². The van der Waals surface area contributed by atoms with Gasteiger partial charge < -0.3 is 5.32 Å². The molecule has 0 radical (unpaired) electrons. The molecule has 0 aliphatic heterocycles. The third kappa shape index (κ3) is 4.46. The summed E-state index contributed by atoms with van der Waals surface area (Å²) in [7, 11) is 0. The Balaban J connectivity index is 1.44. The Bertz CT molecular complexity index is 771. The number of amides is 1. The average molecular weight is 358 g/mol. The molecule has 3 aromatic rings. The normalized spacial score (nSPS) is 12.0. The lowest BCUT2D eigenvalue weighted by Crippen LogP contribution is -2.29. The molecule has 0 fully saturated rings. The number of H-pyrrole nitrogens is 1. The number of thiophene rings is 1. The molecular weight excluding hydrogens is 340 g/mol. The lowest BCUT2D eigenvalue weighted by atomic mass is 10.0. The second kappa shape index (κ2) is 8.12. The minimum absolute atomic E-state index is 0.00902. The van der Waals surface area contributed by atoms with Crippen molar-refractivity contribution >= 4 is 29.0 Å². The zero-order valence-electron chi connectivity index (χ0n) is 13.2. The summed E-state index contributed by atoms with van der Waals surface area (Å²) in [6.45, 7) is 2.73. The van der Waals surface area contributed by atoms with Gasteiger partial charge in [-0.1, -0.05) is 55.1 Å². The number of hydrogen-bond acceptors (Lipinski definition) is 5. The second-order valence-corrected chi connectivity index (χ2v) is 7.24. The summed E-state index contributed by atoms with van der Waals surface area (Å²) in [4.78, 5) is 17.4. The largest absolute Gasteiger partial charge is 0.355 e. The highest BCUT2D eigenvalue weighted by Gasteiger charge is 2.11. The molecule has 7 heteroatoms. The van der Waals surface area contributed by atoms with Gasteiger partial charge in [0, 0.05) is 6.54 Å². The Morgan fingerprint density at radius 3 is 2.88 bits per heavy atom. The number of aromatic nitrogens is 3. The fourth-order valence-electron chi connectivity index (χ4n) is 2.18. The highest BCUT2D eigenvalue weighted by molar-refractivity contribution is 7.99. The lowest BCUT2D eigenvalue weighted by molar-refractivity contribution is -0.118. The number of nitrogens with one attached hydrogen (secondary N) is 2. The number of hydrogen-bond donors (Lipinski definition) is 2. The minimum Gasteiger partial charge on any atom is -0.355 e. The van der Waals surface area contributed by atoms with Gasteiger partial charge >= 0.3 is 0 Å². The van der Waals surface area contributed by atoms with Crippen LogP contribution in [0.5, 0.6) is 0 Å². The van der Waals surface area contributed by atoms with Crippen molar-refractivity contribution in [2.45, 2.75) is 18.0 Å². The SMILES string of the molecule is C[C@@H](CNC(=O)CSc1n[nH]c(-c2cccs2)n1)c1ccccc1. The van der Waals surface area contributed by atoms with Crippen LogP contribution in [0.2, 0.25) is 0 Å². The maximum absolute atomic E-state index is 12.0. The number of thioether (sulfide) groups is 1. The summed E-state index contributed by atoms with van der Waals surface area (Å²) in [6.07, 6.45) is 0. The van der Waals surface area contributed by atoms with Gasteiger partial charge in [0.2, 0.25) is 11.1 Å². The van der Waals surface area contributed by atoms with E-state index in [1.54, 1.807) is 11.3 Å². The summed E-state index contributed by atoms with van der Waals surface area (Å²) < 4.78 is 0. The van der Waals surface area contributed by atoms with E-state index in [0.29, 0.717) is 17.5 Å². The highest BCUT2D eigenvalue weighted by atomic mass is 32.2. The van der Waals surface area contributed by atoms with E-state index in [4.69, 9.17) is 0 Å². The minimum atomic E-state index is -0.00902. The number of rotatable bonds is 7. The van der Waals surface area contributed by atoms with E-state index in [9.17, 15) is 4.79 Å². The quantitative estimate of drug-likeness (QED) is 0.634. The van der Waals surface area contributed by atoms with Crippen molar-refractivity contribution < 1.29 is 4.79 Å². The first-order valence-electron chi connectivity index (χ1n) is 7.63. The van der Waals surface area contributed by atoms with Crippen molar-refractivity contribution in [3.63, 3.8) is 0 Å². The summed E-state index contributed by atoms with van der Waals surface area (Å²) in [5.41, 5.74) is 1.22. The van der Waals surface area contributed by atoms with Crippen LogP contribution in [-0.4, -0.2) is 33.4 Å². The van der Waals surface area contributed by atoms with E-state index in [2.05, 4.69) is 39.6 Å². The molecule has 0 saturated carbocycles. The standard InChI is InChI=1S/C17H18N4OS2/c1-12(13-6-3-2-4-7-13)10-18-15(22)11-24-17-19-16(20-21-17)14-8-5-9-23-14/h2-9,12H,10-11H2,1H3,(H,18,22)(H,19,20,21)/t12-/m0/s1. The molecule has 124 valence electrons. The van der Waals surface area contributed by atoms with Crippen LogP contribution < -0.4 is 5.32 Å². The van der Waals surface area contributed by atoms with Crippen LogP contribution in [0.15, 0.2) is 53.0 Å². The highest BCUT2D eigenvalue weighted by Crippen LogP contribution is 2.23. The van der Waals surface area contributed by atoms with Crippen molar-refractivity contribution in [2.24, 2.45) is 0 Å². The number of carbonyl (C=O) groups excluding carboxylic acids is 1. The number of aromatic amines is 1. The van der Waals surface area contributed by atoms with E-state index < -0.39 is 0 Å². The molecule has 2 heterocycles. The number of carbonyl (C=O) groups is 1. The third-order valence-corrected chi connectivity index (χ3v) is 5.25. The Labute approximate surface area is 148 Å². The zero-order chi connectivity index (χ0) is 16.8. The molecule has 2 aromatic heterocycles. The van der Waals surface area contributed by atoms with Gasteiger partial charge in [-0.15, -0.1) is 16.4 Å². The number of benzene rings is 1. The Morgan fingerprint density at radius 1 is 1.29 bits per heavy atom. The molecule has 0 saturated heterocycles. The molecule has 0 aliphatic rings. The van der Waals surface area contributed by atoms with E-state index in [1.807, 2.05) is 35.7 Å². The van der Waals surface area contributed by atoms with Crippen LogP contribution in [0.25, 0.3) is 10.7 Å². The molecule has 1 atom stereocenters. The Morgan fingerprint density at radius 2 is 2.12 bits per heavy atom. The molecule has 0 bridgehead atoms. The number of nitrogens with zero attached hydrogens (tertiary/aromatic N) is 2. The average Bonchev–Trinajstić information content (AvgIpc) is 3.29. The van der Waals surface area contributed by atoms with Crippen molar-refractivity contribution in [1.82, 2.24) is 20.5 Å². The topological polar surface area (TPSA) is 70.7 Å². The predicted octanol–water partition coefficient (Wildman–Crippen LogP) is 3.55. The van der Waals surface area contributed by atoms with Gasteiger partial charge in [0.1, 0.15) is 0 Å². The predicted molar refractivity (Wildman–Crippen MR) is 98.3 cm³/mol. The van der Waals surface area contributed by atoms with Gasteiger partial charge in [0.05, 0.1) is 10.6 Å². The summed E-state index contributed by atoms with van der Waals surface area (Å²) in [6, 6.07) is 14.1. The molecule has 5 nitrogen and oxygen atoms in total. The first-order valence-corrected chi connectivity index (χ1v) is 9.49. The fourth-order valence-corrected chi connectivity index (χ4v) is 3.47. The molecule has 1 aromatic carbocycles. The molecule has 3 rings (SSSR count). The van der Waals surface area contributed by atoms with Crippen LogP contribution in [0, 0.1) is 0 Å². The summed E-state index contributed by atoms with van der Waals surface area (Å²) in [5, 5.41) is 12.6. The van der Waals surface area contributed by atoms with Crippen LogP contribution in [0.4, 0.5) is 0 Å². The smallest absolute Gasteiger partial charge is 0.230 e. The van der Waals surface area contributed by atoms with E-state index in [1.165, 1.54) is 17.3 Å². The van der Waals surface area contributed by atoms with E-state index >= 15 is 0 Å². The van der Waals surface area contributed by atoms with E-state index in [-0.39, 0.29) is 11.8 Å². The Hall–Kier alpha value is -2.12. The Kier molecular flexibility index (Phi) is 5.66. The van der Waals surface area contributed by atoms with Crippen molar-refractivity contribution in [3.05, 3.63) is 53.4 Å². The van der Waals surface area contributed by atoms with Gasteiger partial charge in [0.15, 0.2) is 5.82 Å². The van der Waals surface area contributed by atoms with E-state index in [0.717, 1.165) is 10.7 Å². The fraction of sp³-hybridized carbons (Fsp3) is 0.235. The van der Waals surface area contributed by atoms with Crippen LogP contribution >= 0.6 is 23.1 Å². The van der Waals surface area contributed by atoms with Gasteiger partial charge in [-0.2, -0.15) is 0 Å². The molecule has 2 N–H and O–H groups in total. The van der Waals surface area contributed by atoms with Crippen molar-refractivity contribution in [1.29, 1.82) is 0 Å². The van der Waals surface area contributed by atoms with Crippen LogP contribution in [0.3, 0.4) is 0 Å². The summed E-state index contributed by atoms with van der Waals surface area (Å²) >= 11 is 2.93. The second-order valence-electron chi connectivity index (χ2n) is 5.35. The molecule has 1 amide bonds. The van der Waals surface area contributed by atoms with Gasteiger partial charge in [0.25, 0.3) is 0 Å². The maximum Gasteiger partial charge on any atom is 0.230 e. The van der Waals surface area contributed by atoms with Gasteiger partial charge in [-0.05, 0) is 22.9 Å². The molecule has 0 spiro atoms. The van der Waals surface area contributed by atoms with Crippen molar-refractivity contribution in [3.8, 4) is 10.7 Å². The molecule has 0 aliphatic carbocycles. The van der Waals surface area contributed by atoms with Gasteiger partial charge in [-0.3, -0.25) is 9.89 Å². The van der Waals surface area contributed by atoms with Crippen LogP contribution in [-0.2, 0) is 4.79 Å². The maximum atomic E-state index is 12.0. The first kappa shape index (κ1) is 16.7. The first-order chi connectivity index (χ1) is 11.7. The molecular formula is C17H18N4OS2. The molecule has 0 unspecified atom stereocenters. The molecule has 24 heavy (non-hydrogen) atoms.